The molecular weight excluding hydrogens is 434 g/mol. The van der Waals surface area contributed by atoms with Gasteiger partial charge in [-0.15, -0.1) is 0 Å². The fraction of sp³-hybridized carbons (Fsp3) is 0. The van der Waals surface area contributed by atoms with Crippen molar-refractivity contribution in [3.05, 3.63) is 127 Å². The van der Waals surface area contributed by atoms with Gasteiger partial charge in [0.1, 0.15) is 11.6 Å². The number of hydrogen-bond acceptors (Lipinski definition) is 3. The Hall–Kier alpha value is -5.08. The zero-order valence-corrected chi connectivity index (χ0v) is 18.7. The standard InChI is InChI=1S/C30H21N3O2/c31-20-22(30(34)35)19-23-21-32(29-14-8-7-13-28(23)29)24-15-17-27(18-16-24)33(25-9-3-1-4-10-25)26-11-5-2-6-12-26/h1-19,21H,(H,34,35)/b22-19+. The van der Waals surface area contributed by atoms with Crippen LogP contribution in [0.2, 0.25) is 0 Å². The first-order chi connectivity index (χ1) is 17.2. The number of hydrogen-bond donors (Lipinski definition) is 1. The molecule has 0 bridgehead atoms. The van der Waals surface area contributed by atoms with E-state index >= 15 is 0 Å². The zero-order chi connectivity index (χ0) is 24.2. The van der Waals surface area contributed by atoms with E-state index in [1.165, 1.54) is 6.08 Å². The van der Waals surface area contributed by atoms with Gasteiger partial charge in [-0.2, -0.15) is 5.26 Å². The van der Waals surface area contributed by atoms with Gasteiger partial charge in [0.2, 0.25) is 0 Å². The van der Waals surface area contributed by atoms with Crippen molar-refractivity contribution in [2.45, 2.75) is 0 Å². The Kier molecular flexibility index (Phi) is 5.85. The Labute approximate surface area is 203 Å². The number of para-hydroxylation sites is 3. The second-order valence-electron chi connectivity index (χ2n) is 7.97. The molecule has 1 aromatic heterocycles. The maximum absolute atomic E-state index is 11.4. The van der Waals surface area contributed by atoms with Gasteiger partial charge < -0.3 is 14.6 Å². The van der Waals surface area contributed by atoms with Crippen LogP contribution >= 0.6 is 0 Å². The maximum Gasteiger partial charge on any atom is 0.346 e. The second-order valence-corrected chi connectivity index (χ2v) is 7.97. The van der Waals surface area contributed by atoms with Gasteiger partial charge in [0.25, 0.3) is 0 Å². The van der Waals surface area contributed by atoms with E-state index in [1.807, 2.05) is 83.6 Å². The van der Waals surface area contributed by atoms with E-state index in [9.17, 15) is 15.2 Å². The Bertz CT molecular complexity index is 1520. The van der Waals surface area contributed by atoms with Crippen molar-refractivity contribution in [3.63, 3.8) is 0 Å². The van der Waals surface area contributed by atoms with Gasteiger partial charge >= 0.3 is 5.97 Å². The van der Waals surface area contributed by atoms with Gasteiger partial charge in [0.05, 0.1) is 5.52 Å². The first kappa shape index (κ1) is 21.7. The van der Waals surface area contributed by atoms with E-state index in [0.717, 1.165) is 33.7 Å². The summed E-state index contributed by atoms with van der Waals surface area (Å²) in [6, 6.07) is 38.1. The number of anilines is 3. The number of nitrogens with zero attached hydrogens (tertiary/aromatic N) is 3. The van der Waals surface area contributed by atoms with Crippen LogP contribution in [0, 0.1) is 11.3 Å². The Morgan fingerprint density at radius 1 is 0.771 bits per heavy atom. The molecule has 0 amide bonds. The summed E-state index contributed by atoms with van der Waals surface area (Å²) in [4.78, 5) is 13.6. The first-order valence-corrected chi connectivity index (χ1v) is 11.1. The van der Waals surface area contributed by atoms with Crippen LogP contribution in [0.3, 0.4) is 0 Å². The van der Waals surface area contributed by atoms with Crippen LogP contribution in [0.25, 0.3) is 22.7 Å². The quantitative estimate of drug-likeness (QED) is 0.219. The van der Waals surface area contributed by atoms with Crippen LogP contribution < -0.4 is 4.90 Å². The average Bonchev–Trinajstić information content (AvgIpc) is 3.27. The first-order valence-electron chi connectivity index (χ1n) is 11.1. The van der Waals surface area contributed by atoms with E-state index in [0.29, 0.717) is 5.56 Å². The third-order valence-corrected chi connectivity index (χ3v) is 5.81. The van der Waals surface area contributed by atoms with Crippen molar-refractivity contribution in [1.82, 2.24) is 4.57 Å². The van der Waals surface area contributed by atoms with Crippen molar-refractivity contribution in [2.24, 2.45) is 0 Å². The Balaban J connectivity index is 1.59. The number of aliphatic carboxylic acids is 1. The second kappa shape index (κ2) is 9.42. The minimum absolute atomic E-state index is 0.301. The molecule has 5 heteroatoms. The number of fused-ring (bicyclic) bond motifs is 1. The Morgan fingerprint density at radius 3 is 1.89 bits per heavy atom. The lowest BCUT2D eigenvalue weighted by molar-refractivity contribution is -0.132. The van der Waals surface area contributed by atoms with Crippen molar-refractivity contribution >= 4 is 40.0 Å². The lowest BCUT2D eigenvalue weighted by Crippen LogP contribution is -2.09. The number of benzene rings is 4. The summed E-state index contributed by atoms with van der Waals surface area (Å²) in [6.07, 6.45) is 3.29. The molecule has 0 spiro atoms. The number of carbonyl (C=O) groups is 1. The molecule has 1 heterocycles. The fourth-order valence-corrected chi connectivity index (χ4v) is 4.20. The molecule has 0 radical (unpaired) electrons. The number of aromatic nitrogens is 1. The highest BCUT2D eigenvalue weighted by Crippen LogP contribution is 2.35. The highest BCUT2D eigenvalue weighted by molar-refractivity contribution is 6.00. The summed E-state index contributed by atoms with van der Waals surface area (Å²) < 4.78 is 2.01. The third kappa shape index (κ3) is 4.29. The number of carboxylic acids is 1. The summed E-state index contributed by atoms with van der Waals surface area (Å²) in [5.74, 6) is -1.24. The molecule has 0 saturated carbocycles. The molecule has 0 aliphatic heterocycles. The third-order valence-electron chi connectivity index (χ3n) is 5.81. The number of rotatable bonds is 6. The maximum atomic E-state index is 11.4. The van der Waals surface area contributed by atoms with Crippen molar-refractivity contribution in [1.29, 1.82) is 5.26 Å². The molecule has 5 nitrogen and oxygen atoms in total. The molecule has 0 fully saturated rings. The van der Waals surface area contributed by atoms with E-state index in [2.05, 4.69) is 41.3 Å². The van der Waals surface area contributed by atoms with Crippen molar-refractivity contribution < 1.29 is 9.90 Å². The SMILES string of the molecule is N#C/C(=C\c1cn(-c2ccc(N(c3ccccc3)c3ccccc3)cc2)c2ccccc12)C(=O)O. The molecular formula is C30H21N3O2. The molecule has 35 heavy (non-hydrogen) atoms. The lowest BCUT2D eigenvalue weighted by atomic mass is 10.1. The van der Waals surface area contributed by atoms with Crippen LogP contribution in [0.4, 0.5) is 17.1 Å². The van der Waals surface area contributed by atoms with Gasteiger partial charge in [-0.25, -0.2) is 4.79 Å². The van der Waals surface area contributed by atoms with Gasteiger partial charge in [-0.1, -0.05) is 54.6 Å². The molecule has 0 saturated heterocycles. The van der Waals surface area contributed by atoms with E-state index in [4.69, 9.17) is 0 Å². The van der Waals surface area contributed by atoms with Gasteiger partial charge in [0, 0.05) is 39.9 Å². The molecule has 4 aromatic carbocycles. The zero-order valence-electron chi connectivity index (χ0n) is 18.7. The lowest BCUT2D eigenvalue weighted by Gasteiger charge is -2.25. The molecule has 5 rings (SSSR count). The van der Waals surface area contributed by atoms with Gasteiger partial charge in [-0.05, 0) is 60.7 Å². The van der Waals surface area contributed by atoms with Crippen LogP contribution in [0.1, 0.15) is 5.56 Å². The molecule has 0 unspecified atom stereocenters. The highest BCUT2D eigenvalue weighted by Gasteiger charge is 2.14. The van der Waals surface area contributed by atoms with E-state index in [-0.39, 0.29) is 5.57 Å². The molecule has 5 aromatic rings. The average molecular weight is 456 g/mol. The molecule has 168 valence electrons. The predicted molar refractivity (Wildman–Crippen MR) is 139 cm³/mol. The largest absolute Gasteiger partial charge is 0.477 e. The van der Waals surface area contributed by atoms with Gasteiger partial charge in [0.15, 0.2) is 0 Å². The van der Waals surface area contributed by atoms with Crippen LogP contribution in [-0.2, 0) is 4.79 Å². The Morgan fingerprint density at radius 2 is 1.31 bits per heavy atom. The monoisotopic (exact) mass is 455 g/mol. The number of carboxylic acid groups (broad SMARTS) is 1. The minimum Gasteiger partial charge on any atom is -0.477 e. The molecule has 0 aliphatic rings. The minimum atomic E-state index is -1.24. The summed E-state index contributed by atoms with van der Waals surface area (Å²) in [5, 5.41) is 19.4. The predicted octanol–water partition coefficient (Wildman–Crippen LogP) is 7.09. The summed E-state index contributed by atoms with van der Waals surface area (Å²) in [6.45, 7) is 0. The van der Waals surface area contributed by atoms with E-state index in [1.54, 1.807) is 6.07 Å². The fourth-order valence-electron chi connectivity index (χ4n) is 4.20. The summed E-state index contributed by atoms with van der Waals surface area (Å²) >= 11 is 0. The number of nitriles is 1. The molecule has 0 atom stereocenters. The van der Waals surface area contributed by atoms with Crippen LogP contribution in [-0.4, -0.2) is 15.6 Å². The highest BCUT2D eigenvalue weighted by atomic mass is 16.4. The van der Waals surface area contributed by atoms with Gasteiger partial charge in [-0.3, -0.25) is 0 Å². The molecule has 0 aliphatic carbocycles. The topological polar surface area (TPSA) is 69.3 Å². The summed E-state index contributed by atoms with van der Waals surface area (Å²) in [7, 11) is 0. The van der Waals surface area contributed by atoms with Crippen LogP contribution in [0.5, 0.6) is 0 Å². The van der Waals surface area contributed by atoms with Crippen LogP contribution in [0.15, 0.2) is 121 Å². The van der Waals surface area contributed by atoms with Crippen molar-refractivity contribution in [2.75, 3.05) is 4.90 Å². The summed E-state index contributed by atoms with van der Waals surface area (Å²) in [5.41, 5.74) is 5.37. The molecule has 1 N–H and O–H groups in total. The van der Waals surface area contributed by atoms with Crippen molar-refractivity contribution in [3.8, 4) is 11.8 Å². The normalized spacial score (nSPS) is 11.2. The smallest absolute Gasteiger partial charge is 0.346 e. The van der Waals surface area contributed by atoms with E-state index < -0.39 is 5.97 Å².